The Kier molecular flexibility index (Phi) is 1.24. The maximum atomic E-state index is 4.69. The molecule has 0 radical (unpaired) electrons. The van der Waals surface area contributed by atoms with Crippen molar-refractivity contribution in [2.24, 2.45) is 5.10 Å². The van der Waals surface area contributed by atoms with Gasteiger partial charge in [-0.3, -0.25) is 0 Å². The molecule has 0 fully saturated rings. The van der Waals surface area contributed by atoms with Gasteiger partial charge in [-0.2, -0.15) is 0 Å². The topological polar surface area (TPSA) is 34.1 Å². The molecule has 4 heteroatoms. The van der Waals surface area contributed by atoms with Crippen molar-refractivity contribution in [3.63, 3.8) is 0 Å². The first-order valence-electron chi connectivity index (χ1n) is 1.93. The van der Waals surface area contributed by atoms with Gasteiger partial charge in [0.2, 0.25) is 0 Å². The van der Waals surface area contributed by atoms with Crippen molar-refractivity contribution >= 4 is 6.21 Å². The van der Waals surface area contributed by atoms with E-state index in [2.05, 4.69) is 9.94 Å². The Balaban J connectivity index is 2.28. The van der Waals surface area contributed by atoms with Gasteiger partial charge in [-0.1, -0.05) is 0 Å². The number of hydrogen-bond donors (Lipinski definition) is 0. The molecule has 0 unspecified atom stereocenters. The highest BCUT2D eigenvalue weighted by Crippen LogP contribution is 1.94. The van der Waals surface area contributed by atoms with Crippen LogP contribution >= 0.6 is 0 Å². The van der Waals surface area contributed by atoms with Crippen LogP contribution in [0.3, 0.4) is 0 Å². The molecule has 0 atom stereocenters. The predicted octanol–water partition coefficient (Wildman–Crippen LogP) is -0.219. The summed E-state index contributed by atoms with van der Waals surface area (Å²) >= 11 is 0. The molecule has 0 aromatic carbocycles. The lowest BCUT2D eigenvalue weighted by Crippen LogP contribution is -2.09. The molecule has 0 amide bonds. The first kappa shape index (κ1) is 4.55. The summed E-state index contributed by atoms with van der Waals surface area (Å²) in [5.74, 6) is 0. The van der Waals surface area contributed by atoms with E-state index in [-0.39, 0.29) is 0 Å². The van der Waals surface area contributed by atoms with E-state index in [1.54, 1.807) is 6.21 Å². The molecular formula is C3H6N2O2. The summed E-state index contributed by atoms with van der Waals surface area (Å²) < 4.78 is 0. The Morgan fingerprint density at radius 2 is 2.86 bits per heavy atom. The van der Waals surface area contributed by atoms with Crippen LogP contribution in [-0.4, -0.2) is 25.3 Å². The van der Waals surface area contributed by atoms with Gasteiger partial charge in [-0.25, -0.2) is 9.68 Å². The summed E-state index contributed by atoms with van der Waals surface area (Å²) in [7, 11) is 1.49. The largest absolute Gasteiger partial charge is 0.236 e. The first-order chi connectivity index (χ1) is 3.43. The third kappa shape index (κ3) is 0.880. The molecule has 0 aromatic rings. The molecule has 4 nitrogen and oxygen atoms in total. The van der Waals surface area contributed by atoms with E-state index < -0.39 is 0 Å². The summed E-state index contributed by atoms with van der Waals surface area (Å²) in [6, 6.07) is 0. The lowest BCUT2D eigenvalue weighted by atomic mass is 10.8. The maximum Gasteiger partial charge on any atom is 0.116 e. The van der Waals surface area contributed by atoms with E-state index in [0.29, 0.717) is 6.61 Å². The second kappa shape index (κ2) is 1.90. The maximum absolute atomic E-state index is 4.69. The molecule has 7 heavy (non-hydrogen) atoms. The van der Waals surface area contributed by atoms with Crippen LogP contribution in [-0.2, 0) is 9.68 Å². The average molecular weight is 102 g/mol. The summed E-state index contributed by atoms with van der Waals surface area (Å²) in [5, 5.41) is 4.67. The molecule has 0 aliphatic carbocycles. The van der Waals surface area contributed by atoms with Gasteiger partial charge >= 0.3 is 0 Å². The predicted molar refractivity (Wildman–Crippen MR) is 23.3 cm³/mol. The van der Waals surface area contributed by atoms with Crippen molar-refractivity contribution in [3.8, 4) is 0 Å². The van der Waals surface area contributed by atoms with Gasteiger partial charge in [-0.15, -0.1) is 5.10 Å². The third-order valence-electron chi connectivity index (χ3n) is 0.592. The molecule has 0 bridgehead atoms. The first-order valence-corrected chi connectivity index (χ1v) is 1.93. The molecular weight excluding hydrogens is 96.0 g/mol. The fourth-order valence-electron chi connectivity index (χ4n) is 0.330. The van der Waals surface area contributed by atoms with Crippen LogP contribution in [0.1, 0.15) is 0 Å². The zero-order valence-electron chi connectivity index (χ0n) is 4.00. The minimum absolute atomic E-state index is 0.508. The Hall–Kier alpha value is -0.610. The van der Waals surface area contributed by atoms with Crippen molar-refractivity contribution in [2.45, 2.75) is 0 Å². The van der Waals surface area contributed by atoms with Crippen LogP contribution in [0.15, 0.2) is 5.10 Å². The Morgan fingerprint density at radius 1 is 2.00 bits per heavy atom. The van der Waals surface area contributed by atoms with Gasteiger partial charge < -0.3 is 0 Å². The van der Waals surface area contributed by atoms with E-state index in [0.717, 1.165) is 5.34 Å². The highest BCUT2D eigenvalue weighted by molar-refractivity contribution is 5.58. The molecule has 0 aromatic heterocycles. The average Bonchev–Trinajstić information content (AvgIpc) is 2.14. The Bertz CT molecular complexity index is 83.0. The van der Waals surface area contributed by atoms with E-state index in [1.165, 1.54) is 7.11 Å². The second-order valence-corrected chi connectivity index (χ2v) is 1.01. The van der Waals surface area contributed by atoms with E-state index in [4.69, 9.17) is 4.84 Å². The smallest absolute Gasteiger partial charge is 0.116 e. The summed E-state index contributed by atoms with van der Waals surface area (Å²) in [4.78, 5) is 9.22. The van der Waals surface area contributed by atoms with Crippen LogP contribution in [0.2, 0.25) is 0 Å². The molecule has 0 spiro atoms. The minimum atomic E-state index is 0.508. The quantitative estimate of drug-likeness (QED) is 0.459. The second-order valence-electron chi connectivity index (χ2n) is 1.01. The van der Waals surface area contributed by atoms with Crippen LogP contribution in [0.5, 0.6) is 0 Å². The monoisotopic (exact) mass is 102 g/mol. The number of hydrazone groups is 1. The van der Waals surface area contributed by atoms with Gasteiger partial charge in [0.15, 0.2) is 0 Å². The normalized spacial score (nSPS) is 18.7. The highest BCUT2D eigenvalue weighted by atomic mass is 17.0. The summed E-state index contributed by atoms with van der Waals surface area (Å²) in [6.07, 6.45) is 1.61. The SMILES string of the molecule is CON1N=CCO1. The molecule has 40 valence electrons. The van der Waals surface area contributed by atoms with Crippen LogP contribution < -0.4 is 0 Å². The lowest BCUT2D eigenvalue weighted by Gasteiger charge is -2.04. The van der Waals surface area contributed by atoms with Crippen LogP contribution in [0.4, 0.5) is 0 Å². The molecule has 1 rings (SSSR count). The Labute approximate surface area is 41.2 Å². The molecule has 1 heterocycles. The van der Waals surface area contributed by atoms with Crippen molar-refractivity contribution in [1.82, 2.24) is 5.34 Å². The van der Waals surface area contributed by atoms with Crippen molar-refractivity contribution in [2.75, 3.05) is 13.7 Å². The minimum Gasteiger partial charge on any atom is -0.236 e. The van der Waals surface area contributed by atoms with Crippen molar-refractivity contribution < 1.29 is 9.68 Å². The van der Waals surface area contributed by atoms with E-state index in [9.17, 15) is 0 Å². The number of rotatable bonds is 1. The molecule has 1 aliphatic heterocycles. The van der Waals surface area contributed by atoms with Gasteiger partial charge in [0, 0.05) is 0 Å². The standard InChI is InChI=1S/C3H6N2O2/c1-6-5-4-2-3-7-5/h2H,3H2,1H3. The fraction of sp³-hybridized carbons (Fsp3) is 0.667. The summed E-state index contributed by atoms with van der Waals surface area (Å²) in [5.41, 5.74) is 0. The number of nitrogens with zero attached hydrogens (tertiary/aromatic N) is 2. The zero-order valence-corrected chi connectivity index (χ0v) is 4.00. The molecule has 0 saturated heterocycles. The van der Waals surface area contributed by atoms with E-state index in [1.807, 2.05) is 0 Å². The van der Waals surface area contributed by atoms with Gasteiger partial charge in [-0.05, 0) is 5.34 Å². The fourth-order valence-corrected chi connectivity index (χ4v) is 0.330. The van der Waals surface area contributed by atoms with Gasteiger partial charge in [0.1, 0.15) is 6.61 Å². The van der Waals surface area contributed by atoms with Gasteiger partial charge in [0.05, 0.1) is 13.3 Å². The van der Waals surface area contributed by atoms with E-state index >= 15 is 0 Å². The lowest BCUT2D eigenvalue weighted by molar-refractivity contribution is -0.338. The van der Waals surface area contributed by atoms with Crippen molar-refractivity contribution in [1.29, 1.82) is 0 Å². The molecule has 0 saturated carbocycles. The van der Waals surface area contributed by atoms with Gasteiger partial charge in [0.25, 0.3) is 0 Å². The van der Waals surface area contributed by atoms with Crippen LogP contribution in [0.25, 0.3) is 0 Å². The van der Waals surface area contributed by atoms with Crippen molar-refractivity contribution in [3.05, 3.63) is 0 Å². The zero-order chi connectivity index (χ0) is 5.11. The third-order valence-corrected chi connectivity index (χ3v) is 0.592. The Morgan fingerprint density at radius 3 is 3.14 bits per heavy atom. The van der Waals surface area contributed by atoms with Crippen LogP contribution in [0, 0.1) is 0 Å². The molecule has 0 N–H and O–H groups in total. The highest BCUT2D eigenvalue weighted by Gasteiger charge is 2.01. The number of hydrogen-bond acceptors (Lipinski definition) is 4. The summed E-state index contributed by atoms with van der Waals surface area (Å²) in [6.45, 7) is 0.508. The molecule has 1 aliphatic rings.